The molecule has 1 heterocycles. The lowest BCUT2D eigenvalue weighted by Crippen LogP contribution is -2.49. The lowest BCUT2D eigenvalue weighted by atomic mass is 10.1. The van der Waals surface area contributed by atoms with Crippen molar-refractivity contribution in [3.8, 4) is 0 Å². The minimum Gasteiger partial charge on any atom is -0.450 e. The van der Waals surface area contributed by atoms with Gasteiger partial charge in [-0.2, -0.15) is 13.2 Å². The number of hydrogen-bond acceptors (Lipinski definition) is 4. The van der Waals surface area contributed by atoms with E-state index < -0.39 is 11.7 Å². The van der Waals surface area contributed by atoms with Crippen molar-refractivity contribution >= 4 is 30.4 Å². The van der Waals surface area contributed by atoms with Gasteiger partial charge in [0.15, 0.2) is 5.78 Å². The highest BCUT2D eigenvalue weighted by Gasteiger charge is 2.29. The van der Waals surface area contributed by atoms with Gasteiger partial charge in [-0.25, -0.2) is 4.79 Å². The third-order valence-electron chi connectivity index (χ3n) is 4.27. The first-order valence-electron chi connectivity index (χ1n) is 8.82. The molecule has 0 saturated carbocycles. The first-order valence-corrected chi connectivity index (χ1v) is 8.82. The number of allylic oxidation sites excluding steroid dienone is 1. The van der Waals surface area contributed by atoms with Crippen LogP contribution in [0.4, 0.5) is 18.0 Å². The molecule has 0 aromatic heterocycles. The second-order valence-corrected chi connectivity index (χ2v) is 6.20. The van der Waals surface area contributed by atoms with Crippen LogP contribution in [-0.4, -0.2) is 61.0 Å². The maximum Gasteiger partial charge on any atom is 0.416 e. The Bertz CT molecular complexity index is 670. The number of hydrogen-bond donors (Lipinski definition) is 0. The van der Waals surface area contributed by atoms with Crippen LogP contribution in [0.2, 0.25) is 0 Å². The Balaban J connectivity index is 0.00000392. The van der Waals surface area contributed by atoms with E-state index in [9.17, 15) is 22.8 Å². The third-order valence-corrected chi connectivity index (χ3v) is 4.27. The number of nitrogens with zero attached hydrogens (tertiary/aromatic N) is 2. The first kappa shape index (κ1) is 24.0. The summed E-state index contributed by atoms with van der Waals surface area (Å²) in [6.45, 7) is 5.16. The third kappa shape index (κ3) is 7.52. The summed E-state index contributed by atoms with van der Waals surface area (Å²) < 4.78 is 42.5. The quantitative estimate of drug-likeness (QED) is 0.655. The highest BCUT2D eigenvalue weighted by atomic mass is 35.5. The van der Waals surface area contributed by atoms with Crippen LogP contribution in [0.3, 0.4) is 0 Å². The smallest absolute Gasteiger partial charge is 0.416 e. The van der Waals surface area contributed by atoms with Crippen LogP contribution in [0.1, 0.15) is 24.5 Å². The van der Waals surface area contributed by atoms with E-state index >= 15 is 0 Å². The molecule has 1 aromatic carbocycles. The zero-order valence-corrected chi connectivity index (χ0v) is 16.4. The van der Waals surface area contributed by atoms with Gasteiger partial charge in [0.25, 0.3) is 0 Å². The molecule has 0 radical (unpaired) electrons. The Labute approximate surface area is 168 Å². The SMILES string of the molecule is CCOC(=O)N1CCN(CCC(=O)C=Cc2ccc(C(F)(F)F)cc2)CC1.Cl. The van der Waals surface area contributed by atoms with E-state index in [-0.39, 0.29) is 24.3 Å². The van der Waals surface area contributed by atoms with E-state index in [0.29, 0.717) is 51.3 Å². The maximum atomic E-state index is 12.5. The molecule has 1 fully saturated rings. The van der Waals surface area contributed by atoms with Crippen LogP contribution in [0.5, 0.6) is 0 Å². The van der Waals surface area contributed by atoms with Gasteiger partial charge in [-0.15, -0.1) is 12.4 Å². The monoisotopic (exact) mass is 420 g/mol. The van der Waals surface area contributed by atoms with Crippen molar-refractivity contribution in [3.63, 3.8) is 0 Å². The first-order chi connectivity index (χ1) is 12.8. The number of benzene rings is 1. The molecular formula is C19H24ClF3N2O3. The predicted octanol–water partition coefficient (Wildman–Crippen LogP) is 3.87. The van der Waals surface area contributed by atoms with Crippen LogP contribution >= 0.6 is 12.4 Å². The number of ether oxygens (including phenoxy) is 1. The van der Waals surface area contributed by atoms with Crippen molar-refractivity contribution in [1.29, 1.82) is 0 Å². The van der Waals surface area contributed by atoms with Crippen molar-refractivity contribution in [2.24, 2.45) is 0 Å². The molecule has 0 atom stereocenters. The number of alkyl halides is 3. The van der Waals surface area contributed by atoms with Crippen molar-refractivity contribution in [2.45, 2.75) is 19.5 Å². The van der Waals surface area contributed by atoms with Gasteiger partial charge >= 0.3 is 12.3 Å². The fourth-order valence-corrected chi connectivity index (χ4v) is 2.69. The number of rotatable bonds is 6. The van der Waals surface area contributed by atoms with Crippen molar-refractivity contribution in [3.05, 3.63) is 41.5 Å². The Hall–Kier alpha value is -2.06. The number of carbonyl (C=O) groups is 2. The van der Waals surface area contributed by atoms with E-state index in [0.717, 1.165) is 12.1 Å². The summed E-state index contributed by atoms with van der Waals surface area (Å²) in [4.78, 5) is 27.3. The van der Waals surface area contributed by atoms with Crippen molar-refractivity contribution in [1.82, 2.24) is 9.80 Å². The summed E-state index contributed by atoms with van der Waals surface area (Å²) in [5.74, 6) is -0.0947. The minimum atomic E-state index is -4.37. The van der Waals surface area contributed by atoms with Gasteiger partial charge in [-0.05, 0) is 30.7 Å². The van der Waals surface area contributed by atoms with E-state index in [1.807, 2.05) is 0 Å². The molecule has 1 saturated heterocycles. The molecule has 1 aromatic rings. The van der Waals surface area contributed by atoms with Gasteiger partial charge in [0.05, 0.1) is 12.2 Å². The topological polar surface area (TPSA) is 49.9 Å². The number of halogens is 4. The van der Waals surface area contributed by atoms with Crippen molar-refractivity contribution in [2.75, 3.05) is 39.3 Å². The minimum absolute atomic E-state index is 0. The summed E-state index contributed by atoms with van der Waals surface area (Å²) in [5, 5.41) is 0. The Morgan fingerprint density at radius 1 is 1.11 bits per heavy atom. The van der Waals surface area contributed by atoms with Gasteiger partial charge in [-0.3, -0.25) is 9.69 Å². The summed E-state index contributed by atoms with van der Waals surface area (Å²) in [6.07, 6.45) is -1.46. The zero-order chi connectivity index (χ0) is 19.9. The molecule has 9 heteroatoms. The zero-order valence-electron chi connectivity index (χ0n) is 15.6. The summed E-state index contributed by atoms with van der Waals surface area (Å²) >= 11 is 0. The van der Waals surface area contributed by atoms with Crippen LogP contribution in [-0.2, 0) is 15.7 Å². The number of piperazine rings is 1. The van der Waals surface area contributed by atoms with Gasteiger partial charge < -0.3 is 9.64 Å². The molecule has 0 bridgehead atoms. The highest BCUT2D eigenvalue weighted by Crippen LogP contribution is 2.29. The van der Waals surface area contributed by atoms with Crippen LogP contribution in [0.15, 0.2) is 30.3 Å². The normalized spacial score (nSPS) is 15.4. The fourth-order valence-electron chi connectivity index (χ4n) is 2.69. The molecule has 1 amide bonds. The largest absolute Gasteiger partial charge is 0.450 e. The van der Waals surface area contributed by atoms with E-state index in [2.05, 4.69) is 4.90 Å². The average Bonchev–Trinajstić information content (AvgIpc) is 2.65. The van der Waals surface area contributed by atoms with Gasteiger partial charge in [0.1, 0.15) is 0 Å². The lowest BCUT2D eigenvalue weighted by Gasteiger charge is -2.33. The molecule has 0 aliphatic carbocycles. The summed E-state index contributed by atoms with van der Waals surface area (Å²) in [7, 11) is 0. The van der Waals surface area contributed by atoms with Crippen molar-refractivity contribution < 1.29 is 27.5 Å². The van der Waals surface area contributed by atoms with Crippen LogP contribution in [0, 0.1) is 0 Å². The lowest BCUT2D eigenvalue weighted by molar-refractivity contribution is -0.137. The van der Waals surface area contributed by atoms with Crippen LogP contribution in [0.25, 0.3) is 6.08 Å². The highest BCUT2D eigenvalue weighted by molar-refractivity contribution is 5.93. The molecular weight excluding hydrogens is 397 g/mol. The number of amides is 1. The van der Waals surface area contributed by atoms with Gasteiger partial charge in [-0.1, -0.05) is 18.2 Å². The Kier molecular flexibility index (Phi) is 9.48. The molecule has 0 spiro atoms. The second kappa shape index (κ2) is 11.1. The summed E-state index contributed by atoms with van der Waals surface area (Å²) in [6, 6.07) is 4.66. The summed E-state index contributed by atoms with van der Waals surface area (Å²) in [5.41, 5.74) is -0.174. The second-order valence-electron chi connectivity index (χ2n) is 6.20. The molecule has 5 nitrogen and oxygen atoms in total. The van der Waals surface area contributed by atoms with E-state index in [1.54, 1.807) is 11.8 Å². The number of ketones is 1. The van der Waals surface area contributed by atoms with E-state index in [1.165, 1.54) is 24.3 Å². The van der Waals surface area contributed by atoms with Gasteiger partial charge in [0.2, 0.25) is 0 Å². The molecule has 1 aliphatic rings. The predicted molar refractivity (Wildman–Crippen MR) is 102 cm³/mol. The fraction of sp³-hybridized carbons (Fsp3) is 0.474. The van der Waals surface area contributed by atoms with E-state index in [4.69, 9.17) is 4.74 Å². The Morgan fingerprint density at radius 2 is 1.71 bits per heavy atom. The molecule has 2 rings (SSSR count). The molecule has 0 unspecified atom stereocenters. The van der Waals surface area contributed by atoms with Gasteiger partial charge in [0, 0.05) is 39.1 Å². The molecule has 156 valence electrons. The standard InChI is InChI=1S/C19H23F3N2O3.ClH/c1-2-27-18(26)24-13-11-23(12-14-24)10-9-17(25)8-5-15-3-6-16(7-4-15)19(20,21)22;/h3-8H,2,9-14H2,1H3;1H. The molecule has 0 N–H and O–H groups in total. The maximum absolute atomic E-state index is 12.5. The number of carbonyl (C=O) groups excluding carboxylic acids is 2. The Morgan fingerprint density at radius 3 is 2.25 bits per heavy atom. The molecule has 28 heavy (non-hydrogen) atoms. The van der Waals surface area contributed by atoms with Crippen LogP contribution < -0.4 is 0 Å². The molecule has 1 aliphatic heterocycles. The average molecular weight is 421 g/mol.